The lowest BCUT2D eigenvalue weighted by atomic mass is 10.1. The summed E-state index contributed by atoms with van der Waals surface area (Å²) in [6.07, 6.45) is 3.11. The zero-order valence-electron chi connectivity index (χ0n) is 9.64. The average molecular weight is 241 g/mol. The number of aromatic amines is 1. The topological polar surface area (TPSA) is 103 Å². The van der Waals surface area contributed by atoms with Crippen LogP contribution in [0.1, 0.15) is 29.1 Å². The molecule has 2 heterocycles. The van der Waals surface area contributed by atoms with E-state index in [1.165, 1.54) is 5.56 Å². The molecule has 7 heteroatoms. The summed E-state index contributed by atoms with van der Waals surface area (Å²) in [5, 5.41) is 25.7. The number of rotatable bonds is 3. The fourth-order valence-corrected chi connectivity index (χ4v) is 2.11. The van der Waals surface area contributed by atoms with Gasteiger partial charge in [-0.05, 0) is 30.9 Å². The van der Waals surface area contributed by atoms with Crippen LogP contribution in [0.2, 0.25) is 0 Å². The van der Waals surface area contributed by atoms with Crippen molar-refractivity contribution >= 4 is 5.82 Å². The number of anilines is 1. The molecule has 0 saturated heterocycles. The predicted octanol–water partition coefficient (Wildman–Crippen LogP) is 0.567. The van der Waals surface area contributed by atoms with E-state index in [9.17, 15) is 0 Å². The molecule has 0 atom stereocenters. The second kappa shape index (κ2) is 4.41. The third kappa shape index (κ3) is 1.88. The maximum atomic E-state index is 9.13. The summed E-state index contributed by atoms with van der Waals surface area (Å²) in [6, 6.07) is 4.09. The van der Waals surface area contributed by atoms with Gasteiger partial charge >= 0.3 is 0 Å². The summed E-state index contributed by atoms with van der Waals surface area (Å²) in [7, 11) is 0. The highest BCUT2D eigenvalue weighted by Gasteiger charge is 2.16. The fourth-order valence-electron chi connectivity index (χ4n) is 2.11. The Balaban J connectivity index is 1.85. The normalized spacial score (nSPS) is 13.1. The van der Waals surface area contributed by atoms with Crippen molar-refractivity contribution in [1.29, 1.82) is 5.26 Å². The van der Waals surface area contributed by atoms with Gasteiger partial charge in [0.15, 0.2) is 5.82 Å². The molecule has 1 aliphatic carbocycles. The van der Waals surface area contributed by atoms with Crippen LogP contribution < -0.4 is 5.32 Å². The van der Waals surface area contributed by atoms with Gasteiger partial charge in [0.2, 0.25) is 0 Å². The molecule has 0 spiro atoms. The number of tetrazole rings is 1. The monoisotopic (exact) mass is 241 g/mol. The molecule has 0 bridgehead atoms. The number of hydrogen-bond acceptors (Lipinski definition) is 6. The Kier molecular flexibility index (Phi) is 2.61. The number of nitrogens with zero attached hydrogens (tertiary/aromatic N) is 5. The minimum atomic E-state index is 0.400. The number of aryl methyl sites for hydroxylation is 2. The van der Waals surface area contributed by atoms with E-state index in [0.717, 1.165) is 25.0 Å². The number of aromatic nitrogens is 5. The molecule has 3 rings (SSSR count). The van der Waals surface area contributed by atoms with Crippen molar-refractivity contribution in [3.05, 3.63) is 28.7 Å². The molecule has 0 fully saturated rings. The van der Waals surface area contributed by atoms with Crippen molar-refractivity contribution in [2.24, 2.45) is 0 Å². The van der Waals surface area contributed by atoms with Gasteiger partial charge in [0.1, 0.15) is 11.9 Å². The van der Waals surface area contributed by atoms with Gasteiger partial charge in [-0.3, -0.25) is 0 Å². The summed E-state index contributed by atoms with van der Waals surface area (Å²) in [4.78, 5) is 4.50. The third-order valence-electron chi connectivity index (χ3n) is 2.97. The second-order valence-electron chi connectivity index (χ2n) is 4.14. The highest BCUT2D eigenvalue weighted by Crippen LogP contribution is 2.24. The van der Waals surface area contributed by atoms with Gasteiger partial charge in [0.05, 0.1) is 12.1 Å². The Bertz CT molecular complexity index is 597. The molecule has 0 amide bonds. The third-order valence-corrected chi connectivity index (χ3v) is 2.97. The number of H-pyrrole nitrogens is 1. The van der Waals surface area contributed by atoms with Gasteiger partial charge in [-0.2, -0.15) is 10.5 Å². The average Bonchev–Trinajstić information content (AvgIpc) is 3.05. The summed E-state index contributed by atoms with van der Waals surface area (Å²) in [6.45, 7) is 0.400. The first-order valence-corrected chi connectivity index (χ1v) is 5.76. The van der Waals surface area contributed by atoms with E-state index >= 15 is 0 Å². The molecule has 2 N–H and O–H groups in total. The molecule has 0 radical (unpaired) electrons. The minimum absolute atomic E-state index is 0.400. The van der Waals surface area contributed by atoms with Crippen LogP contribution in [-0.2, 0) is 19.4 Å². The van der Waals surface area contributed by atoms with Crippen molar-refractivity contribution in [2.75, 3.05) is 5.32 Å². The van der Waals surface area contributed by atoms with Gasteiger partial charge in [-0.1, -0.05) is 5.21 Å². The second-order valence-corrected chi connectivity index (χ2v) is 4.14. The maximum absolute atomic E-state index is 9.13. The van der Waals surface area contributed by atoms with Gasteiger partial charge in [-0.15, -0.1) is 10.2 Å². The van der Waals surface area contributed by atoms with E-state index in [1.54, 1.807) is 0 Å². The highest BCUT2D eigenvalue weighted by molar-refractivity contribution is 5.55. The Hall–Kier alpha value is -2.49. The van der Waals surface area contributed by atoms with Gasteiger partial charge < -0.3 is 5.32 Å². The zero-order chi connectivity index (χ0) is 12.4. The van der Waals surface area contributed by atoms with Crippen LogP contribution in [0, 0.1) is 11.3 Å². The van der Waals surface area contributed by atoms with E-state index < -0.39 is 0 Å². The molecule has 0 saturated carbocycles. The minimum Gasteiger partial charge on any atom is -0.362 e. The standard InChI is InChI=1S/C11H11N7/c12-5-8-4-7-2-1-3-9(7)14-11(8)13-6-10-15-17-18-16-10/h4H,1-3,6H2,(H,13,14)(H,15,16,17,18). The molecule has 1 aliphatic rings. The van der Waals surface area contributed by atoms with Crippen LogP contribution in [0.5, 0.6) is 0 Å². The van der Waals surface area contributed by atoms with Gasteiger partial charge in [0.25, 0.3) is 0 Å². The van der Waals surface area contributed by atoms with Crippen LogP contribution in [0.25, 0.3) is 0 Å². The predicted molar refractivity (Wildman–Crippen MR) is 62.5 cm³/mol. The fraction of sp³-hybridized carbons (Fsp3) is 0.364. The van der Waals surface area contributed by atoms with Crippen LogP contribution in [0.15, 0.2) is 6.07 Å². The van der Waals surface area contributed by atoms with Crippen molar-refractivity contribution in [2.45, 2.75) is 25.8 Å². The quantitative estimate of drug-likeness (QED) is 0.814. The maximum Gasteiger partial charge on any atom is 0.193 e. The van der Waals surface area contributed by atoms with Crippen LogP contribution in [-0.4, -0.2) is 25.6 Å². The SMILES string of the molecule is N#Cc1cc2c(nc1NCc1nn[nH]n1)CCC2. The lowest BCUT2D eigenvalue weighted by Gasteiger charge is -2.07. The lowest BCUT2D eigenvalue weighted by Crippen LogP contribution is -2.06. The number of nitrogens with one attached hydrogen (secondary N) is 2. The Morgan fingerprint density at radius 1 is 1.44 bits per heavy atom. The Morgan fingerprint density at radius 3 is 3.17 bits per heavy atom. The van der Waals surface area contributed by atoms with E-state index in [0.29, 0.717) is 23.8 Å². The summed E-state index contributed by atoms with van der Waals surface area (Å²) in [5.74, 6) is 1.14. The first-order valence-electron chi connectivity index (χ1n) is 5.76. The van der Waals surface area contributed by atoms with Crippen molar-refractivity contribution in [3.8, 4) is 6.07 Å². The summed E-state index contributed by atoms with van der Waals surface area (Å²) >= 11 is 0. The zero-order valence-corrected chi connectivity index (χ0v) is 9.64. The smallest absolute Gasteiger partial charge is 0.193 e. The molecule has 7 nitrogen and oxygen atoms in total. The van der Waals surface area contributed by atoms with Gasteiger partial charge in [0, 0.05) is 5.69 Å². The van der Waals surface area contributed by atoms with E-state index in [2.05, 4.69) is 37.0 Å². The molecule has 0 unspecified atom stereocenters. The molecule has 0 aromatic carbocycles. The van der Waals surface area contributed by atoms with Crippen LogP contribution in [0.4, 0.5) is 5.82 Å². The van der Waals surface area contributed by atoms with Crippen LogP contribution in [0.3, 0.4) is 0 Å². The molecule has 2 aromatic heterocycles. The van der Waals surface area contributed by atoms with E-state index in [4.69, 9.17) is 5.26 Å². The van der Waals surface area contributed by atoms with E-state index in [-0.39, 0.29) is 0 Å². The molecule has 0 aliphatic heterocycles. The number of fused-ring (bicyclic) bond motifs is 1. The van der Waals surface area contributed by atoms with E-state index in [1.807, 2.05) is 6.07 Å². The first kappa shape index (κ1) is 10.7. The van der Waals surface area contributed by atoms with Crippen molar-refractivity contribution in [1.82, 2.24) is 25.6 Å². The molecule has 90 valence electrons. The summed E-state index contributed by atoms with van der Waals surface area (Å²) < 4.78 is 0. The molecular weight excluding hydrogens is 230 g/mol. The van der Waals surface area contributed by atoms with Crippen molar-refractivity contribution in [3.63, 3.8) is 0 Å². The number of hydrogen-bond donors (Lipinski definition) is 2. The Morgan fingerprint density at radius 2 is 2.39 bits per heavy atom. The highest BCUT2D eigenvalue weighted by atomic mass is 15.5. The summed E-state index contributed by atoms with van der Waals surface area (Å²) in [5.41, 5.74) is 2.85. The number of nitriles is 1. The largest absolute Gasteiger partial charge is 0.362 e. The van der Waals surface area contributed by atoms with Crippen molar-refractivity contribution < 1.29 is 0 Å². The Labute approximate surface area is 103 Å². The first-order chi connectivity index (χ1) is 8.86. The van der Waals surface area contributed by atoms with Gasteiger partial charge in [-0.25, -0.2) is 4.98 Å². The molecule has 2 aromatic rings. The lowest BCUT2D eigenvalue weighted by molar-refractivity contribution is 0.881. The van der Waals surface area contributed by atoms with Crippen LogP contribution >= 0.6 is 0 Å². The number of pyridine rings is 1. The molecule has 18 heavy (non-hydrogen) atoms. The molecular formula is C11H11N7.